The predicted octanol–water partition coefficient (Wildman–Crippen LogP) is 2.78. The highest BCUT2D eigenvalue weighted by atomic mass is 16.5. The van der Waals surface area contributed by atoms with Gasteiger partial charge >= 0.3 is 6.03 Å². The maximum absolute atomic E-state index is 12.7. The van der Waals surface area contributed by atoms with Crippen molar-refractivity contribution < 1.29 is 19.0 Å². The van der Waals surface area contributed by atoms with Crippen molar-refractivity contribution in [3.8, 4) is 11.5 Å². The van der Waals surface area contributed by atoms with Crippen LogP contribution in [0.25, 0.3) is 0 Å². The van der Waals surface area contributed by atoms with Gasteiger partial charge in [0.15, 0.2) is 11.5 Å². The van der Waals surface area contributed by atoms with Crippen LogP contribution in [0.5, 0.6) is 11.5 Å². The maximum Gasteiger partial charge on any atom is 0.322 e. The third-order valence-electron chi connectivity index (χ3n) is 3.62. The van der Waals surface area contributed by atoms with Crippen molar-refractivity contribution >= 4 is 11.7 Å². The van der Waals surface area contributed by atoms with E-state index in [1.54, 1.807) is 49.7 Å². The van der Waals surface area contributed by atoms with Crippen molar-refractivity contribution in [3.63, 3.8) is 0 Å². The molecule has 0 fully saturated rings. The van der Waals surface area contributed by atoms with Crippen LogP contribution >= 0.6 is 0 Å². The van der Waals surface area contributed by atoms with E-state index in [1.165, 1.54) is 7.11 Å². The van der Waals surface area contributed by atoms with E-state index in [1.807, 2.05) is 12.1 Å². The lowest BCUT2D eigenvalue weighted by Gasteiger charge is -2.23. The minimum absolute atomic E-state index is 0.250. The number of methoxy groups -OCH3 is 3. The molecule has 0 aliphatic rings. The van der Waals surface area contributed by atoms with Crippen LogP contribution in [0.2, 0.25) is 0 Å². The largest absolute Gasteiger partial charge is 0.493 e. The maximum atomic E-state index is 12.7. The normalized spacial score (nSPS) is 10.2. The van der Waals surface area contributed by atoms with Gasteiger partial charge in [-0.05, 0) is 29.8 Å². The first kappa shape index (κ1) is 18.5. The van der Waals surface area contributed by atoms with Crippen LogP contribution in [0, 0.1) is 0 Å². The summed E-state index contributed by atoms with van der Waals surface area (Å²) >= 11 is 0. The number of aromatic nitrogens is 1. The van der Waals surface area contributed by atoms with E-state index in [9.17, 15) is 4.79 Å². The SMILES string of the molecule is COCCN(Cc1ccncc1)C(=O)Nc1cccc(OC)c1OC. The molecule has 1 aromatic heterocycles. The summed E-state index contributed by atoms with van der Waals surface area (Å²) in [6, 6.07) is 8.83. The van der Waals surface area contributed by atoms with Gasteiger partial charge in [-0.1, -0.05) is 6.07 Å². The molecule has 0 aliphatic carbocycles. The molecular formula is C18H23N3O4. The van der Waals surface area contributed by atoms with Crippen molar-refractivity contribution in [1.82, 2.24) is 9.88 Å². The highest BCUT2D eigenvalue weighted by molar-refractivity contribution is 5.91. The number of urea groups is 1. The number of carbonyl (C=O) groups is 1. The summed E-state index contributed by atoms with van der Waals surface area (Å²) in [6.45, 7) is 1.34. The summed E-state index contributed by atoms with van der Waals surface area (Å²) < 4.78 is 15.7. The predicted molar refractivity (Wildman–Crippen MR) is 95.1 cm³/mol. The van der Waals surface area contributed by atoms with Gasteiger partial charge in [0.05, 0.1) is 26.5 Å². The van der Waals surface area contributed by atoms with E-state index < -0.39 is 0 Å². The van der Waals surface area contributed by atoms with Gasteiger partial charge in [0, 0.05) is 32.6 Å². The summed E-state index contributed by atoms with van der Waals surface area (Å²) in [4.78, 5) is 18.4. The molecule has 1 N–H and O–H groups in total. The van der Waals surface area contributed by atoms with Gasteiger partial charge in [-0.15, -0.1) is 0 Å². The molecule has 0 unspecified atom stereocenters. The Morgan fingerprint density at radius 2 is 1.88 bits per heavy atom. The Kier molecular flexibility index (Phi) is 7.03. The molecule has 1 heterocycles. The Labute approximate surface area is 147 Å². The van der Waals surface area contributed by atoms with Gasteiger partial charge in [0.2, 0.25) is 0 Å². The zero-order valence-electron chi connectivity index (χ0n) is 14.7. The van der Waals surface area contributed by atoms with Gasteiger partial charge in [-0.25, -0.2) is 4.79 Å². The topological polar surface area (TPSA) is 72.9 Å². The fourth-order valence-electron chi connectivity index (χ4n) is 2.34. The molecule has 2 rings (SSSR count). The number of anilines is 1. The summed E-state index contributed by atoms with van der Waals surface area (Å²) in [6.07, 6.45) is 3.40. The van der Waals surface area contributed by atoms with E-state index >= 15 is 0 Å². The molecule has 134 valence electrons. The van der Waals surface area contributed by atoms with E-state index in [0.717, 1.165) is 5.56 Å². The molecule has 0 saturated heterocycles. The van der Waals surface area contributed by atoms with Crippen LogP contribution in [-0.4, -0.2) is 50.4 Å². The number of nitrogens with zero attached hydrogens (tertiary/aromatic N) is 2. The monoisotopic (exact) mass is 345 g/mol. The number of hydrogen-bond donors (Lipinski definition) is 1. The second kappa shape index (κ2) is 9.48. The van der Waals surface area contributed by atoms with Crippen LogP contribution < -0.4 is 14.8 Å². The molecule has 0 aliphatic heterocycles. The molecule has 2 aromatic rings. The average molecular weight is 345 g/mol. The van der Waals surface area contributed by atoms with Crippen LogP contribution in [0.15, 0.2) is 42.7 Å². The lowest BCUT2D eigenvalue weighted by Crippen LogP contribution is -2.37. The molecule has 0 spiro atoms. The van der Waals surface area contributed by atoms with E-state index in [0.29, 0.717) is 36.9 Å². The molecule has 7 heteroatoms. The zero-order valence-corrected chi connectivity index (χ0v) is 14.7. The quantitative estimate of drug-likeness (QED) is 0.796. The summed E-state index contributed by atoms with van der Waals surface area (Å²) in [5.74, 6) is 1.03. The number of benzene rings is 1. The Morgan fingerprint density at radius 1 is 1.12 bits per heavy atom. The van der Waals surface area contributed by atoms with E-state index in [2.05, 4.69) is 10.3 Å². The summed E-state index contributed by atoms with van der Waals surface area (Å²) in [7, 11) is 4.69. The lowest BCUT2D eigenvalue weighted by molar-refractivity contribution is 0.152. The second-order valence-corrected chi connectivity index (χ2v) is 5.24. The Hall–Kier alpha value is -2.80. The van der Waals surface area contributed by atoms with Gasteiger partial charge < -0.3 is 24.4 Å². The van der Waals surface area contributed by atoms with Crippen molar-refractivity contribution in [2.24, 2.45) is 0 Å². The number of para-hydroxylation sites is 1. The molecule has 0 bridgehead atoms. The molecule has 2 amide bonds. The first-order valence-corrected chi connectivity index (χ1v) is 7.84. The third-order valence-corrected chi connectivity index (χ3v) is 3.62. The Bertz CT molecular complexity index is 679. The average Bonchev–Trinajstić information content (AvgIpc) is 2.65. The van der Waals surface area contributed by atoms with Crippen LogP contribution in [0.4, 0.5) is 10.5 Å². The van der Waals surface area contributed by atoms with Gasteiger partial charge in [-0.3, -0.25) is 4.98 Å². The zero-order chi connectivity index (χ0) is 18.1. The standard InChI is InChI=1S/C18H23N3O4/c1-23-12-11-21(13-14-7-9-19-10-8-14)18(22)20-15-5-4-6-16(24-2)17(15)25-3/h4-10H,11-13H2,1-3H3,(H,20,22). The number of amides is 2. The van der Waals surface area contributed by atoms with Crippen LogP contribution in [0.3, 0.4) is 0 Å². The lowest BCUT2D eigenvalue weighted by atomic mass is 10.2. The van der Waals surface area contributed by atoms with Crippen molar-refractivity contribution in [2.45, 2.75) is 6.54 Å². The second-order valence-electron chi connectivity index (χ2n) is 5.24. The van der Waals surface area contributed by atoms with Crippen molar-refractivity contribution in [3.05, 3.63) is 48.3 Å². The molecule has 0 atom stereocenters. The summed E-state index contributed by atoms with van der Waals surface area (Å²) in [5, 5.41) is 2.88. The molecule has 25 heavy (non-hydrogen) atoms. The first-order valence-electron chi connectivity index (χ1n) is 7.84. The first-order chi connectivity index (χ1) is 12.2. The number of nitrogens with one attached hydrogen (secondary N) is 1. The van der Waals surface area contributed by atoms with Gasteiger partial charge in [0.1, 0.15) is 0 Å². The highest BCUT2D eigenvalue weighted by Gasteiger charge is 2.17. The summed E-state index contributed by atoms with van der Waals surface area (Å²) in [5.41, 5.74) is 1.53. The highest BCUT2D eigenvalue weighted by Crippen LogP contribution is 2.34. The molecule has 0 radical (unpaired) electrons. The van der Waals surface area contributed by atoms with Gasteiger partial charge in [-0.2, -0.15) is 0 Å². The minimum Gasteiger partial charge on any atom is -0.493 e. The van der Waals surface area contributed by atoms with Crippen LogP contribution in [-0.2, 0) is 11.3 Å². The van der Waals surface area contributed by atoms with E-state index in [-0.39, 0.29) is 6.03 Å². The minimum atomic E-state index is -0.250. The number of hydrogen-bond acceptors (Lipinski definition) is 5. The van der Waals surface area contributed by atoms with Crippen LogP contribution in [0.1, 0.15) is 5.56 Å². The van der Waals surface area contributed by atoms with Crippen molar-refractivity contribution in [1.29, 1.82) is 0 Å². The Balaban J connectivity index is 2.16. The Morgan fingerprint density at radius 3 is 2.52 bits per heavy atom. The number of ether oxygens (including phenoxy) is 3. The number of pyridine rings is 1. The molecule has 1 aromatic carbocycles. The fraction of sp³-hybridized carbons (Fsp3) is 0.333. The van der Waals surface area contributed by atoms with Gasteiger partial charge in [0.25, 0.3) is 0 Å². The van der Waals surface area contributed by atoms with E-state index in [4.69, 9.17) is 14.2 Å². The fourth-order valence-corrected chi connectivity index (χ4v) is 2.34. The third kappa shape index (κ3) is 5.09. The molecule has 0 saturated carbocycles. The van der Waals surface area contributed by atoms with Crippen molar-refractivity contribution in [2.75, 3.05) is 39.8 Å². The number of carbonyl (C=O) groups excluding carboxylic acids is 1. The number of rotatable bonds is 8. The smallest absolute Gasteiger partial charge is 0.322 e. The molecule has 7 nitrogen and oxygen atoms in total. The molecular weight excluding hydrogens is 322 g/mol.